The third-order valence-corrected chi connectivity index (χ3v) is 6.19. The summed E-state index contributed by atoms with van der Waals surface area (Å²) in [6, 6.07) is 23.8. The summed E-state index contributed by atoms with van der Waals surface area (Å²) in [7, 11) is -3.71. The van der Waals surface area contributed by atoms with Crippen LogP contribution in [0.1, 0.15) is 5.56 Å². The average molecular weight is 374 g/mol. The SMILES string of the molecule is Cc1ccc(Nc2c(S(=O)(=O)c3ccccc3)cnc3ccccc23)cc1. The number of hydrogen-bond donors (Lipinski definition) is 1. The molecule has 0 bridgehead atoms. The summed E-state index contributed by atoms with van der Waals surface area (Å²) >= 11 is 0. The number of anilines is 2. The first-order valence-electron chi connectivity index (χ1n) is 8.57. The van der Waals surface area contributed by atoms with Crippen molar-refractivity contribution in [1.82, 2.24) is 4.98 Å². The minimum atomic E-state index is -3.71. The third kappa shape index (κ3) is 3.29. The van der Waals surface area contributed by atoms with Crippen LogP contribution in [0.4, 0.5) is 11.4 Å². The third-order valence-electron chi connectivity index (χ3n) is 4.40. The normalized spacial score (nSPS) is 11.4. The van der Waals surface area contributed by atoms with Gasteiger partial charge in [0.05, 0.1) is 16.1 Å². The Hall–Kier alpha value is -3.18. The summed E-state index contributed by atoms with van der Waals surface area (Å²) in [5, 5.41) is 4.06. The second-order valence-electron chi connectivity index (χ2n) is 6.32. The minimum Gasteiger partial charge on any atom is -0.354 e. The van der Waals surface area contributed by atoms with Gasteiger partial charge in [-0.25, -0.2) is 8.42 Å². The van der Waals surface area contributed by atoms with Gasteiger partial charge in [0.25, 0.3) is 0 Å². The first-order valence-corrected chi connectivity index (χ1v) is 10.1. The molecular formula is C22H18N2O2S. The van der Waals surface area contributed by atoms with Gasteiger partial charge in [0.2, 0.25) is 9.84 Å². The molecule has 0 spiro atoms. The fraction of sp³-hybridized carbons (Fsp3) is 0.0455. The molecule has 134 valence electrons. The van der Waals surface area contributed by atoms with Crippen molar-refractivity contribution in [3.63, 3.8) is 0 Å². The maximum absolute atomic E-state index is 13.3. The van der Waals surface area contributed by atoms with Gasteiger partial charge in [-0.15, -0.1) is 0 Å². The summed E-state index contributed by atoms with van der Waals surface area (Å²) < 4.78 is 26.5. The number of sulfone groups is 1. The number of aryl methyl sites for hydroxylation is 1. The second-order valence-corrected chi connectivity index (χ2v) is 8.24. The van der Waals surface area contributed by atoms with Gasteiger partial charge in [0.1, 0.15) is 4.90 Å². The molecule has 0 aliphatic heterocycles. The molecule has 1 N–H and O–H groups in total. The highest BCUT2D eigenvalue weighted by Crippen LogP contribution is 2.34. The van der Waals surface area contributed by atoms with Gasteiger partial charge in [0.15, 0.2) is 0 Å². The summed E-state index contributed by atoms with van der Waals surface area (Å²) in [6.45, 7) is 2.01. The molecule has 27 heavy (non-hydrogen) atoms. The molecule has 3 aromatic carbocycles. The summed E-state index contributed by atoms with van der Waals surface area (Å²) in [6.07, 6.45) is 1.43. The van der Waals surface area contributed by atoms with E-state index in [1.54, 1.807) is 30.3 Å². The Morgan fingerprint density at radius 1 is 0.815 bits per heavy atom. The van der Waals surface area contributed by atoms with E-state index in [0.717, 1.165) is 22.2 Å². The molecule has 4 rings (SSSR count). The number of fused-ring (bicyclic) bond motifs is 1. The molecular weight excluding hydrogens is 356 g/mol. The number of para-hydroxylation sites is 1. The highest BCUT2D eigenvalue weighted by Gasteiger charge is 2.23. The Morgan fingerprint density at radius 3 is 2.22 bits per heavy atom. The molecule has 0 radical (unpaired) electrons. The number of nitrogens with zero attached hydrogens (tertiary/aromatic N) is 1. The fourth-order valence-corrected chi connectivity index (χ4v) is 4.35. The van der Waals surface area contributed by atoms with E-state index in [1.807, 2.05) is 55.5 Å². The molecule has 4 nitrogen and oxygen atoms in total. The van der Waals surface area contributed by atoms with Crippen molar-refractivity contribution in [3.8, 4) is 0 Å². The van der Waals surface area contributed by atoms with E-state index in [9.17, 15) is 8.42 Å². The molecule has 1 aromatic heterocycles. The lowest BCUT2D eigenvalue weighted by Crippen LogP contribution is -2.07. The lowest BCUT2D eigenvalue weighted by molar-refractivity contribution is 0.596. The van der Waals surface area contributed by atoms with Crippen LogP contribution in [-0.4, -0.2) is 13.4 Å². The van der Waals surface area contributed by atoms with Crippen LogP contribution < -0.4 is 5.32 Å². The van der Waals surface area contributed by atoms with E-state index in [0.29, 0.717) is 5.69 Å². The van der Waals surface area contributed by atoms with Crippen molar-refractivity contribution in [2.45, 2.75) is 16.7 Å². The van der Waals surface area contributed by atoms with Gasteiger partial charge in [-0.1, -0.05) is 54.1 Å². The number of nitrogens with one attached hydrogen (secondary N) is 1. The summed E-state index contributed by atoms with van der Waals surface area (Å²) in [5.74, 6) is 0. The van der Waals surface area contributed by atoms with Crippen molar-refractivity contribution in [2.24, 2.45) is 0 Å². The standard InChI is InChI=1S/C22H18N2O2S/c1-16-11-13-17(14-12-16)24-22-19-9-5-6-10-20(19)23-15-21(22)27(25,26)18-7-3-2-4-8-18/h2-15H,1H3,(H,23,24). The summed E-state index contributed by atoms with van der Waals surface area (Å²) in [4.78, 5) is 4.77. The lowest BCUT2D eigenvalue weighted by Gasteiger charge is -2.15. The first-order chi connectivity index (χ1) is 13.1. The monoisotopic (exact) mass is 374 g/mol. The number of aromatic nitrogens is 1. The van der Waals surface area contributed by atoms with Gasteiger partial charge in [0, 0.05) is 17.3 Å². The Labute approximate surface area is 158 Å². The Bertz CT molecular complexity index is 1200. The highest BCUT2D eigenvalue weighted by atomic mass is 32.2. The number of benzene rings is 3. The first kappa shape index (κ1) is 17.2. The maximum atomic E-state index is 13.3. The van der Waals surface area contributed by atoms with Crippen molar-refractivity contribution < 1.29 is 8.42 Å². The molecule has 5 heteroatoms. The zero-order chi connectivity index (χ0) is 18.9. The van der Waals surface area contributed by atoms with Crippen LogP contribution in [-0.2, 0) is 9.84 Å². The minimum absolute atomic E-state index is 0.160. The van der Waals surface area contributed by atoms with E-state index >= 15 is 0 Å². The number of rotatable bonds is 4. The predicted molar refractivity (Wildman–Crippen MR) is 108 cm³/mol. The van der Waals surface area contributed by atoms with Crippen LogP contribution in [0, 0.1) is 6.92 Å². The van der Waals surface area contributed by atoms with Crippen molar-refractivity contribution in [2.75, 3.05) is 5.32 Å². The van der Waals surface area contributed by atoms with Crippen LogP contribution in [0.25, 0.3) is 10.9 Å². The number of hydrogen-bond acceptors (Lipinski definition) is 4. The molecule has 4 aromatic rings. The smallest absolute Gasteiger partial charge is 0.210 e. The van der Waals surface area contributed by atoms with Gasteiger partial charge < -0.3 is 5.32 Å². The molecule has 0 atom stereocenters. The van der Waals surface area contributed by atoms with Gasteiger partial charge in [-0.2, -0.15) is 0 Å². The highest BCUT2D eigenvalue weighted by molar-refractivity contribution is 7.91. The molecule has 0 aliphatic carbocycles. The van der Waals surface area contributed by atoms with Gasteiger partial charge >= 0.3 is 0 Å². The zero-order valence-corrected chi connectivity index (χ0v) is 15.6. The zero-order valence-electron chi connectivity index (χ0n) is 14.8. The molecule has 0 fully saturated rings. The van der Waals surface area contributed by atoms with E-state index in [4.69, 9.17) is 0 Å². The Morgan fingerprint density at radius 2 is 1.48 bits per heavy atom. The molecule has 0 saturated carbocycles. The summed E-state index contributed by atoms with van der Waals surface area (Å²) in [5.41, 5.74) is 3.23. The quantitative estimate of drug-likeness (QED) is 0.539. The van der Waals surface area contributed by atoms with Crippen LogP contribution in [0.5, 0.6) is 0 Å². The topological polar surface area (TPSA) is 59.1 Å². The molecule has 1 heterocycles. The van der Waals surface area contributed by atoms with E-state index in [1.165, 1.54) is 6.20 Å². The van der Waals surface area contributed by atoms with Crippen LogP contribution in [0.3, 0.4) is 0 Å². The van der Waals surface area contributed by atoms with Gasteiger partial charge in [-0.05, 0) is 37.3 Å². The van der Waals surface area contributed by atoms with Crippen molar-refractivity contribution in [1.29, 1.82) is 0 Å². The van der Waals surface area contributed by atoms with Crippen molar-refractivity contribution in [3.05, 3.63) is 90.6 Å². The van der Waals surface area contributed by atoms with E-state index in [-0.39, 0.29) is 9.79 Å². The molecule has 0 amide bonds. The molecule has 0 aliphatic rings. The van der Waals surface area contributed by atoms with Gasteiger partial charge in [-0.3, -0.25) is 4.98 Å². The maximum Gasteiger partial charge on any atom is 0.210 e. The predicted octanol–water partition coefficient (Wildman–Crippen LogP) is 5.12. The number of pyridine rings is 1. The molecule has 0 unspecified atom stereocenters. The van der Waals surface area contributed by atoms with Crippen LogP contribution >= 0.6 is 0 Å². The van der Waals surface area contributed by atoms with Crippen molar-refractivity contribution >= 4 is 32.1 Å². The second kappa shape index (κ2) is 6.85. The van der Waals surface area contributed by atoms with E-state index < -0.39 is 9.84 Å². The molecule has 0 saturated heterocycles. The lowest BCUT2D eigenvalue weighted by atomic mass is 10.1. The van der Waals surface area contributed by atoms with Crippen LogP contribution in [0.2, 0.25) is 0 Å². The van der Waals surface area contributed by atoms with E-state index in [2.05, 4.69) is 10.3 Å². The van der Waals surface area contributed by atoms with Crippen LogP contribution in [0.15, 0.2) is 94.9 Å². The Balaban J connectivity index is 1.94. The fourth-order valence-electron chi connectivity index (χ4n) is 2.96. The average Bonchev–Trinajstić information content (AvgIpc) is 2.70. The largest absolute Gasteiger partial charge is 0.354 e. The Kier molecular flexibility index (Phi) is 4.38.